The molecule has 1 fully saturated rings. The molecule has 2 aromatic rings. The molecular weight excluding hydrogens is 752 g/mol. The van der Waals surface area contributed by atoms with Gasteiger partial charge in [-0.25, -0.2) is 9.78 Å². The number of carbonyl (C=O) groups excluding carboxylic acids is 5. The SMILES string of the molecule is [3H]c1ccc(C[C@@H](CC(C)C)NC(=O)c2csc([C@@H](C[C@H](C(C)C)N(COC(=O)C(F)(F)F)C(=O)[C@@H](NC(=O)C3CCCCN3C)C(C)CC)OC(C)=O)n2)cc1. The van der Waals surface area contributed by atoms with E-state index in [-0.39, 0.29) is 29.1 Å². The first-order valence-electron chi connectivity index (χ1n) is 19.8. The summed E-state index contributed by atoms with van der Waals surface area (Å²) in [6, 6.07) is 4.46. The average Bonchev–Trinajstić information content (AvgIpc) is 3.63. The number of rotatable bonds is 19. The molecule has 1 aliphatic heterocycles. The Hall–Kier alpha value is -4.05. The summed E-state index contributed by atoms with van der Waals surface area (Å²) in [5.41, 5.74) is 1.00. The minimum atomic E-state index is -5.34. The number of hydrogen-bond acceptors (Lipinski definition) is 10. The lowest BCUT2D eigenvalue weighted by atomic mass is 9.92. The van der Waals surface area contributed by atoms with Gasteiger partial charge in [0.1, 0.15) is 16.7 Å². The molecule has 312 valence electrons. The molecule has 0 aliphatic carbocycles. The molecule has 1 aromatic heterocycles. The number of piperidine rings is 1. The van der Waals surface area contributed by atoms with Crippen LogP contribution in [0.5, 0.6) is 0 Å². The lowest BCUT2D eigenvalue weighted by Gasteiger charge is -2.39. The second kappa shape index (κ2) is 21.5. The lowest BCUT2D eigenvalue weighted by Crippen LogP contribution is -2.59. The molecule has 1 saturated heterocycles. The Morgan fingerprint density at radius 3 is 2.32 bits per heavy atom. The fourth-order valence-electron chi connectivity index (χ4n) is 6.83. The predicted molar refractivity (Wildman–Crippen MR) is 206 cm³/mol. The number of likely N-dealkylation sites (N-methyl/N-ethyl adjacent to an activating group) is 1. The van der Waals surface area contributed by atoms with Crippen molar-refractivity contribution in [2.24, 2.45) is 17.8 Å². The Bertz CT molecular complexity index is 1660. The van der Waals surface area contributed by atoms with Crippen LogP contribution in [0.25, 0.3) is 0 Å². The van der Waals surface area contributed by atoms with Crippen LogP contribution in [0.1, 0.15) is 116 Å². The Balaban J connectivity index is 1.96. The van der Waals surface area contributed by atoms with Crippen LogP contribution in [0.3, 0.4) is 0 Å². The number of halogens is 3. The largest absolute Gasteiger partial charge is 0.490 e. The summed E-state index contributed by atoms with van der Waals surface area (Å²) in [7, 11) is 1.81. The predicted octanol–water partition coefficient (Wildman–Crippen LogP) is 6.46. The Kier molecular flexibility index (Phi) is 17.1. The summed E-state index contributed by atoms with van der Waals surface area (Å²) in [6.07, 6.45) is -2.77. The minimum absolute atomic E-state index is 0.0581. The van der Waals surface area contributed by atoms with Gasteiger partial charge in [-0.2, -0.15) is 13.2 Å². The van der Waals surface area contributed by atoms with Crippen LogP contribution in [0, 0.1) is 17.8 Å². The fourth-order valence-corrected chi connectivity index (χ4v) is 7.67. The van der Waals surface area contributed by atoms with Gasteiger partial charge in [0, 0.05) is 30.8 Å². The zero-order valence-electron chi connectivity index (χ0n) is 34.6. The maximum absolute atomic E-state index is 14.6. The van der Waals surface area contributed by atoms with Gasteiger partial charge in [0.15, 0.2) is 12.8 Å². The van der Waals surface area contributed by atoms with E-state index in [1.54, 1.807) is 32.9 Å². The van der Waals surface area contributed by atoms with Gasteiger partial charge in [-0.3, -0.25) is 24.1 Å². The Morgan fingerprint density at radius 1 is 1.07 bits per heavy atom. The van der Waals surface area contributed by atoms with Gasteiger partial charge in [-0.15, -0.1) is 11.3 Å². The van der Waals surface area contributed by atoms with E-state index in [4.69, 9.17) is 6.11 Å². The van der Waals surface area contributed by atoms with Crippen LogP contribution < -0.4 is 10.6 Å². The first kappa shape index (κ1) is 44.7. The van der Waals surface area contributed by atoms with Crippen molar-refractivity contribution in [3.63, 3.8) is 0 Å². The molecule has 1 aromatic carbocycles. The number of aromatic nitrogens is 1. The molecule has 1 aliphatic rings. The van der Waals surface area contributed by atoms with Crippen molar-refractivity contribution in [3.8, 4) is 0 Å². The van der Waals surface area contributed by atoms with Gasteiger partial charge < -0.3 is 25.0 Å². The van der Waals surface area contributed by atoms with Crippen LogP contribution in [0.4, 0.5) is 13.2 Å². The van der Waals surface area contributed by atoms with Gasteiger partial charge in [-0.1, -0.05) is 84.7 Å². The zero-order chi connectivity index (χ0) is 42.6. The molecule has 0 saturated carbocycles. The summed E-state index contributed by atoms with van der Waals surface area (Å²) in [5, 5.41) is 7.62. The van der Waals surface area contributed by atoms with E-state index in [1.165, 1.54) is 12.3 Å². The molecule has 0 bridgehead atoms. The first-order chi connectivity index (χ1) is 26.7. The normalized spacial score (nSPS) is 17.9. The molecule has 3 rings (SSSR count). The van der Waals surface area contributed by atoms with Crippen LogP contribution in [-0.2, 0) is 35.1 Å². The van der Waals surface area contributed by atoms with Crippen LogP contribution in [0.15, 0.2) is 35.7 Å². The number of likely N-dealkylation sites (tertiary alicyclic amines) is 1. The van der Waals surface area contributed by atoms with E-state index in [9.17, 15) is 37.1 Å². The minimum Gasteiger partial charge on any atom is -0.455 e. The number of thiazole rings is 1. The van der Waals surface area contributed by atoms with E-state index < -0.39 is 78.6 Å². The molecule has 2 N–H and O–H groups in total. The summed E-state index contributed by atoms with van der Waals surface area (Å²) in [4.78, 5) is 73.5. The molecular formula is C40H58F3N5O7S. The van der Waals surface area contributed by atoms with Crippen molar-refractivity contribution < 1.29 is 48.0 Å². The number of amides is 3. The monoisotopic (exact) mass is 811 g/mol. The molecule has 0 radical (unpaired) electrons. The molecule has 6 atom stereocenters. The Morgan fingerprint density at radius 2 is 1.75 bits per heavy atom. The molecule has 12 nitrogen and oxygen atoms in total. The van der Waals surface area contributed by atoms with E-state index in [2.05, 4.69) is 20.4 Å². The topological polar surface area (TPSA) is 147 Å². The van der Waals surface area contributed by atoms with Crippen LogP contribution in [-0.4, -0.2) is 95.1 Å². The Labute approximate surface area is 333 Å². The van der Waals surface area contributed by atoms with Crippen molar-refractivity contribution in [2.75, 3.05) is 20.3 Å². The highest BCUT2D eigenvalue weighted by molar-refractivity contribution is 7.09. The number of hydrogen-bond donors (Lipinski definition) is 2. The highest BCUT2D eigenvalue weighted by atomic mass is 32.1. The zero-order valence-corrected chi connectivity index (χ0v) is 34.4. The quantitative estimate of drug-likeness (QED) is 0.121. The van der Waals surface area contributed by atoms with Gasteiger partial charge in [-0.05, 0) is 62.6 Å². The van der Waals surface area contributed by atoms with E-state index in [1.807, 2.05) is 44.9 Å². The molecule has 2 heterocycles. The molecule has 16 heteroatoms. The maximum Gasteiger partial charge on any atom is 0.490 e. The third kappa shape index (κ3) is 13.9. The third-order valence-corrected chi connectivity index (χ3v) is 11.0. The molecule has 0 spiro atoms. The highest BCUT2D eigenvalue weighted by Gasteiger charge is 2.44. The summed E-state index contributed by atoms with van der Waals surface area (Å²) in [5.74, 6) is -5.54. The van der Waals surface area contributed by atoms with Crippen molar-refractivity contribution >= 4 is 41.0 Å². The second-order valence-corrected chi connectivity index (χ2v) is 16.2. The van der Waals surface area contributed by atoms with Crippen LogP contribution in [0.2, 0.25) is 0 Å². The number of ether oxygens (including phenoxy) is 2. The van der Waals surface area contributed by atoms with E-state index >= 15 is 0 Å². The smallest absolute Gasteiger partial charge is 0.455 e. The van der Waals surface area contributed by atoms with Crippen molar-refractivity contribution in [2.45, 2.75) is 130 Å². The van der Waals surface area contributed by atoms with Crippen molar-refractivity contribution in [1.29, 1.82) is 0 Å². The highest BCUT2D eigenvalue weighted by Crippen LogP contribution is 2.32. The first-order valence-corrected chi connectivity index (χ1v) is 20.1. The number of nitrogens with zero attached hydrogens (tertiary/aromatic N) is 3. The van der Waals surface area contributed by atoms with Gasteiger partial charge in [0.2, 0.25) is 11.8 Å². The van der Waals surface area contributed by atoms with Crippen LogP contribution >= 0.6 is 11.3 Å². The molecule has 56 heavy (non-hydrogen) atoms. The van der Waals surface area contributed by atoms with Gasteiger partial charge >= 0.3 is 18.1 Å². The summed E-state index contributed by atoms with van der Waals surface area (Å²) >= 11 is 1.04. The number of carbonyl (C=O) groups is 5. The van der Waals surface area contributed by atoms with Crippen molar-refractivity contribution in [3.05, 3.63) is 52.0 Å². The number of esters is 2. The third-order valence-electron chi connectivity index (χ3n) is 10.0. The second-order valence-electron chi connectivity index (χ2n) is 15.4. The van der Waals surface area contributed by atoms with Gasteiger partial charge in [0.05, 0.1) is 7.41 Å². The maximum atomic E-state index is 14.6. The van der Waals surface area contributed by atoms with Gasteiger partial charge in [0.25, 0.3) is 5.91 Å². The fraction of sp³-hybridized carbons (Fsp3) is 0.650. The number of benzene rings is 1. The van der Waals surface area contributed by atoms with E-state index in [0.717, 1.165) is 34.6 Å². The standard InChI is InChI=1S/C40H58F3N5O7S/c1-9-26(6)34(46-36(51)31-17-13-14-18-47(31)8)38(52)48(23-54-39(53)40(41,42)43)32(25(4)5)21-33(55-27(7)49)37-45-30(22-56-37)35(50)44-29(19-24(2)3)20-28-15-11-10-12-16-28/h10-12,15-16,22,24-26,29,31-34H,9,13-14,17-21,23H2,1-8H3,(H,44,50)(H,46,51)/t26?,29-,31?,32-,33-,34+/m1/s1/i10T. The lowest BCUT2D eigenvalue weighted by molar-refractivity contribution is -0.205. The molecule has 3 amide bonds. The molecule has 2 unspecified atom stereocenters. The average molecular weight is 812 g/mol. The number of nitrogens with one attached hydrogen (secondary N) is 2. The summed E-state index contributed by atoms with van der Waals surface area (Å²) in [6.45, 7) is 11.8. The summed E-state index contributed by atoms with van der Waals surface area (Å²) < 4.78 is 58.3. The number of alkyl halides is 3. The van der Waals surface area contributed by atoms with Crippen molar-refractivity contribution in [1.82, 2.24) is 25.4 Å². The van der Waals surface area contributed by atoms with E-state index in [0.29, 0.717) is 38.3 Å².